The molecular formula is C23H28N4O2. The van der Waals surface area contributed by atoms with Gasteiger partial charge in [0.25, 0.3) is 0 Å². The number of piperazine rings is 1. The number of carbonyl (C=O) groups excluding carboxylic acids is 2. The van der Waals surface area contributed by atoms with Gasteiger partial charge in [-0.25, -0.2) is 0 Å². The number of carbonyl (C=O) groups is 2. The Labute approximate surface area is 171 Å². The summed E-state index contributed by atoms with van der Waals surface area (Å²) in [5.74, 6) is -0.585. The van der Waals surface area contributed by atoms with Crippen molar-refractivity contribution in [1.29, 1.82) is 0 Å². The van der Waals surface area contributed by atoms with Crippen LogP contribution < -0.4 is 15.5 Å². The first-order valence-electron chi connectivity index (χ1n) is 10.3. The fourth-order valence-corrected chi connectivity index (χ4v) is 4.21. The normalized spacial score (nSPS) is 20.5. The summed E-state index contributed by atoms with van der Waals surface area (Å²) in [6.07, 6.45) is 0.201. The number of nitrogens with one attached hydrogen (secondary N) is 2. The molecule has 0 spiro atoms. The van der Waals surface area contributed by atoms with Gasteiger partial charge in [-0.3, -0.25) is 14.5 Å². The van der Waals surface area contributed by atoms with Gasteiger partial charge in [0.15, 0.2) is 0 Å². The number of hydrogen-bond donors (Lipinski definition) is 2. The highest BCUT2D eigenvalue weighted by atomic mass is 16.2. The van der Waals surface area contributed by atoms with E-state index in [1.807, 2.05) is 30.3 Å². The molecule has 4 rings (SSSR count). The molecule has 152 valence electrons. The molecule has 2 aromatic rings. The van der Waals surface area contributed by atoms with Crippen LogP contribution in [0, 0.1) is 0 Å². The molecule has 29 heavy (non-hydrogen) atoms. The first-order valence-corrected chi connectivity index (χ1v) is 10.3. The molecule has 0 bridgehead atoms. The molecule has 2 N–H and O–H groups in total. The molecule has 1 fully saturated rings. The zero-order chi connectivity index (χ0) is 20.2. The second-order valence-electron chi connectivity index (χ2n) is 7.84. The Hall–Kier alpha value is -2.86. The van der Waals surface area contributed by atoms with Crippen LogP contribution in [0.2, 0.25) is 0 Å². The molecular weight excluding hydrogens is 364 g/mol. The fraction of sp³-hybridized carbons (Fsp3) is 0.391. The van der Waals surface area contributed by atoms with E-state index in [-0.39, 0.29) is 24.3 Å². The van der Waals surface area contributed by atoms with Crippen molar-refractivity contribution in [2.75, 3.05) is 42.9 Å². The molecule has 2 aliphatic heterocycles. The number of hydrogen-bond acceptors (Lipinski definition) is 4. The first kappa shape index (κ1) is 19.5. The zero-order valence-corrected chi connectivity index (χ0v) is 16.8. The molecule has 2 heterocycles. The summed E-state index contributed by atoms with van der Waals surface area (Å²) in [6.45, 7) is 6.66. The molecule has 2 aromatic carbocycles. The van der Waals surface area contributed by atoms with E-state index in [1.54, 1.807) is 0 Å². The summed E-state index contributed by atoms with van der Waals surface area (Å²) in [6, 6.07) is 18.3. The van der Waals surface area contributed by atoms with Gasteiger partial charge in [0.1, 0.15) is 0 Å². The zero-order valence-electron chi connectivity index (χ0n) is 16.8. The van der Waals surface area contributed by atoms with Crippen LogP contribution in [0.5, 0.6) is 0 Å². The van der Waals surface area contributed by atoms with Gasteiger partial charge in [0.05, 0.1) is 5.92 Å². The molecule has 0 aliphatic carbocycles. The summed E-state index contributed by atoms with van der Waals surface area (Å²) in [5, 5.41) is 5.93. The summed E-state index contributed by atoms with van der Waals surface area (Å²) in [4.78, 5) is 29.6. The first-order chi connectivity index (χ1) is 14.1. The van der Waals surface area contributed by atoms with Crippen molar-refractivity contribution >= 4 is 23.2 Å². The highest BCUT2D eigenvalue weighted by Crippen LogP contribution is 2.32. The summed E-state index contributed by atoms with van der Waals surface area (Å²) in [5.41, 5.74) is 2.91. The van der Waals surface area contributed by atoms with Crippen LogP contribution in [0.25, 0.3) is 0 Å². The van der Waals surface area contributed by atoms with Crippen molar-refractivity contribution in [2.24, 2.45) is 0 Å². The van der Waals surface area contributed by atoms with E-state index in [4.69, 9.17) is 0 Å². The molecule has 2 aliphatic rings. The minimum absolute atomic E-state index is 0.0675. The van der Waals surface area contributed by atoms with E-state index in [9.17, 15) is 9.59 Å². The quantitative estimate of drug-likeness (QED) is 0.820. The van der Waals surface area contributed by atoms with Crippen molar-refractivity contribution in [3.05, 3.63) is 60.2 Å². The molecule has 2 atom stereocenters. The van der Waals surface area contributed by atoms with Crippen molar-refractivity contribution in [2.45, 2.75) is 25.3 Å². The maximum atomic E-state index is 12.8. The lowest BCUT2D eigenvalue weighted by molar-refractivity contribution is -0.126. The van der Waals surface area contributed by atoms with Crippen LogP contribution >= 0.6 is 0 Å². The van der Waals surface area contributed by atoms with E-state index in [1.165, 1.54) is 5.69 Å². The maximum absolute atomic E-state index is 12.8. The van der Waals surface area contributed by atoms with E-state index < -0.39 is 5.92 Å². The Morgan fingerprint density at radius 2 is 1.76 bits per heavy atom. The lowest BCUT2D eigenvalue weighted by Crippen LogP contribution is -2.52. The lowest BCUT2D eigenvalue weighted by Gasteiger charge is -2.39. The SMILES string of the molecule is C[C@@H](CNC(=O)[C@H]1CC(=O)Nc2ccccc21)N1CCN(c2ccccc2)CC1. The predicted octanol–water partition coefficient (Wildman–Crippen LogP) is 2.44. The number of benzene rings is 2. The van der Waals surface area contributed by atoms with E-state index >= 15 is 0 Å². The summed E-state index contributed by atoms with van der Waals surface area (Å²) < 4.78 is 0. The van der Waals surface area contributed by atoms with E-state index in [0.717, 1.165) is 37.4 Å². The number of rotatable bonds is 5. The molecule has 2 amide bonds. The Kier molecular flexibility index (Phi) is 5.81. The van der Waals surface area contributed by atoms with Gasteiger partial charge in [0, 0.05) is 56.6 Å². The fourth-order valence-electron chi connectivity index (χ4n) is 4.21. The highest BCUT2D eigenvalue weighted by Gasteiger charge is 2.31. The second kappa shape index (κ2) is 8.66. The minimum atomic E-state index is -0.415. The van der Waals surface area contributed by atoms with Gasteiger partial charge in [-0.2, -0.15) is 0 Å². The third-order valence-corrected chi connectivity index (χ3v) is 5.95. The Balaban J connectivity index is 1.30. The Morgan fingerprint density at radius 1 is 1.07 bits per heavy atom. The molecule has 0 saturated carbocycles. The van der Waals surface area contributed by atoms with Crippen LogP contribution in [0.3, 0.4) is 0 Å². The summed E-state index contributed by atoms with van der Waals surface area (Å²) >= 11 is 0. The van der Waals surface area contributed by atoms with Gasteiger partial charge in [-0.1, -0.05) is 36.4 Å². The number of fused-ring (bicyclic) bond motifs is 1. The van der Waals surface area contributed by atoms with E-state index in [0.29, 0.717) is 6.54 Å². The highest BCUT2D eigenvalue weighted by molar-refractivity contribution is 6.01. The van der Waals surface area contributed by atoms with Crippen molar-refractivity contribution in [1.82, 2.24) is 10.2 Å². The van der Waals surface area contributed by atoms with Crippen LogP contribution in [0.15, 0.2) is 54.6 Å². The van der Waals surface area contributed by atoms with Crippen LogP contribution in [0.4, 0.5) is 11.4 Å². The molecule has 6 heteroatoms. The molecule has 0 aromatic heterocycles. The maximum Gasteiger partial charge on any atom is 0.228 e. The van der Waals surface area contributed by atoms with Crippen LogP contribution in [0.1, 0.15) is 24.8 Å². The number of para-hydroxylation sites is 2. The monoisotopic (exact) mass is 392 g/mol. The average Bonchev–Trinajstić information content (AvgIpc) is 2.77. The largest absolute Gasteiger partial charge is 0.369 e. The number of amides is 2. The van der Waals surface area contributed by atoms with Gasteiger partial charge in [-0.15, -0.1) is 0 Å². The average molecular weight is 393 g/mol. The molecule has 0 radical (unpaired) electrons. The lowest BCUT2D eigenvalue weighted by atomic mass is 9.90. The standard InChI is InChI=1S/C23H28N4O2/c1-17(26-11-13-27(14-12-26)18-7-3-2-4-8-18)16-24-23(29)20-15-22(28)25-21-10-6-5-9-19(20)21/h2-10,17,20H,11-16H2,1H3,(H,24,29)(H,25,28)/t17-,20-/m0/s1. The second-order valence-corrected chi connectivity index (χ2v) is 7.84. The minimum Gasteiger partial charge on any atom is -0.369 e. The van der Waals surface area contributed by atoms with Gasteiger partial charge in [-0.05, 0) is 30.7 Å². The van der Waals surface area contributed by atoms with Gasteiger partial charge in [0.2, 0.25) is 11.8 Å². The Morgan fingerprint density at radius 3 is 2.52 bits per heavy atom. The number of anilines is 2. The third kappa shape index (κ3) is 4.43. The molecule has 6 nitrogen and oxygen atoms in total. The van der Waals surface area contributed by atoms with Crippen molar-refractivity contribution < 1.29 is 9.59 Å². The smallest absolute Gasteiger partial charge is 0.228 e. The summed E-state index contributed by atoms with van der Waals surface area (Å²) in [7, 11) is 0. The van der Waals surface area contributed by atoms with Gasteiger partial charge >= 0.3 is 0 Å². The van der Waals surface area contributed by atoms with Crippen LogP contribution in [-0.2, 0) is 9.59 Å². The van der Waals surface area contributed by atoms with Gasteiger partial charge < -0.3 is 15.5 Å². The number of nitrogens with zero attached hydrogens (tertiary/aromatic N) is 2. The van der Waals surface area contributed by atoms with Crippen molar-refractivity contribution in [3.8, 4) is 0 Å². The van der Waals surface area contributed by atoms with Crippen LogP contribution in [-0.4, -0.2) is 55.5 Å². The Bertz CT molecular complexity index is 862. The van der Waals surface area contributed by atoms with Crippen molar-refractivity contribution in [3.63, 3.8) is 0 Å². The third-order valence-electron chi connectivity index (χ3n) is 5.95. The topological polar surface area (TPSA) is 64.7 Å². The molecule has 1 saturated heterocycles. The predicted molar refractivity (Wildman–Crippen MR) is 115 cm³/mol. The van der Waals surface area contributed by atoms with E-state index in [2.05, 4.69) is 51.6 Å². The molecule has 0 unspecified atom stereocenters.